The van der Waals surface area contributed by atoms with Crippen molar-refractivity contribution in [2.45, 2.75) is 212 Å². The molecule has 3 atom stereocenters. The van der Waals surface area contributed by atoms with Gasteiger partial charge in [0, 0.05) is 6.42 Å². The van der Waals surface area contributed by atoms with Gasteiger partial charge in [-0.2, -0.15) is 0 Å². The van der Waals surface area contributed by atoms with Crippen LogP contribution in [0.2, 0.25) is 0 Å². The molecule has 0 aromatic carbocycles. The summed E-state index contributed by atoms with van der Waals surface area (Å²) in [6, 6.07) is -0.713. The molecule has 0 radical (unpaired) electrons. The molecule has 0 aliphatic rings. The van der Waals surface area contributed by atoms with Crippen LogP contribution in [0.15, 0.2) is 60.8 Å². The maximum Gasteiger partial charge on any atom is 0.306 e. The van der Waals surface area contributed by atoms with Gasteiger partial charge in [0.15, 0.2) is 0 Å². The Bertz CT molecular complexity index is 952. The van der Waals surface area contributed by atoms with Crippen LogP contribution in [-0.2, 0) is 14.3 Å². The summed E-state index contributed by atoms with van der Waals surface area (Å²) >= 11 is 0. The second-order valence-electron chi connectivity index (χ2n) is 14.5. The van der Waals surface area contributed by atoms with Gasteiger partial charge in [0.05, 0.1) is 25.2 Å². The van der Waals surface area contributed by atoms with E-state index >= 15 is 0 Å². The lowest BCUT2D eigenvalue weighted by atomic mass is 10.0. The first-order chi connectivity index (χ1) is 25.5. The third kappa shape index (κ3) is 34.6. The summed E-state index contributed by atoms with van der Waals surface area (Å²) in [6.45, 7) is 6.27. The first kappa shape index (κ1) is 49.6. The Hall–Kier alpha value is -2.44. The summed E-state index contributed by atoms with van der Waals surface area (Å²) in [5.74, 6) is -0.567. The highest BCUT2D eigenvalue weighted by molar-refractivity contribution is 5.77. The maximum atomic E-state index is 13.1. The molecule has 0 aromatic rings. The van der Waals surface area contributed by atoms with E-state index in [2.05, 4.69) is 32.2 Å². The van der Waals surface area contributed by atoms with Crippen molar-refractivity contribution in [3.8, 4) is 0 Å². The number of carbonyl (C=O) groups is 2. The van der Waals surface area contributed by atoms with E-state index in [0.717, 1.165) is 51.4 Å². The van der Waals surface area contributed by atoms with E-state index in [1.54, 1.807) is 0 Å². The number of aliphatic hydroxyl groups is 2. The van der Waals surface area contributed by atoms with Gasteiger partial charge in [0.2, 0.25) is 5.91 Å². The number of esters is 1. The second kappa shape index (κ2) is 39.8. The summed E-state index contributed by atoms with van der Waals surface area (Å²) in [4.78, 5) is 25.8. The third-order valence-electron chi connectivity index (χ3n) is 9.49. The molecule has 300 valence electrons. The SMILES string of the molecule is CC/C=C/C=C/C=C\C=C/C=C/CCCC(=O)OC(CCCCCCCCCCC)CC(=O)NC(CO)C(O)CCCCCCCCCCCCC. The van der Waals surface area contributed by atoms with Crippen molar-refractivity contribution >= 4 is 11.9 Å². The van der Waals surface area contributed by atoms with Crippen LogP contribution in [-0.4, -0.2) is 46.9 Å². The van der Waals surface area contributed by atoms with E-state index in [0.29, 0.717) is 25.7 Å². The Morgan fingerprint density at radius 1 is 0.577 bits per heavy atom. The summed E-state index contributed by atoms with van der Waals surface area (Å²) in [7, 11) is 0. The molecule has 6 heteroatoms. The van der Waals surface area contributed by atoms with Crippen LogP contribution in [0.3, 0.4) is 0 Å². The van der Waals surface area contributed by atoms with Crippen LogP contribution in [0.5, 0.6) is 0 Å². The summed E-state index contributed by atoms with van der Waals surface area (Å²) < 4.78 is 5.84. The lowest BCUT2D eigenvalue weighted by Crippen LogP contribution is -2.46. The minimum atomic E-state index is -0.797. The smallest absolute Gasteiger partial charge is 0.306 e. The van der Waals surface area contributed by atoms with Crippen LogP contribution >= 0.6 is 0 Å². The van der Waals surface area contributed by atoms with Gasteiger partial charge in [-0.1, -0.05) is 204 Å². The molecule has 0 saturated carbocycles. The van der Waals surface area contributed by atoms with Crippen molar-refractivity contribution in [2.24, 2.45) is 0 Å². The molecule has 3 N–H and O–H groups in total. The van der Waals surface area contributed by atoms with Crippen LogP contribution < -0.4 is 5.32 Å². The normalized spacial score (nSPS) is 14.0. The molecule has 0 spiro atoms. The highest BCUT2D eigenvalue weighted by atomic mass is 16.5. The Morgan fingerprint density at radius 3 is 1.50 bits per heavy atom. The lowest BCUT2D eigenvalue weighted by Gasteiger charge is -2.24. The number of hydrogen-bond donors (Lipinski definition) is 3. The van der Waals surface area contributed by atoms with Crippen molar-refractivity contribution < 1.29 is 24.5 Å². The van der Waals surface area contributed by atoms with Gasteiger partial charge < -0.3 is 20.3 Å². The van der Waals surface area contributed by atoms with Gasteiger partial charge in [0.25, 0.3) is 0 Å². The summed E-state index contributed by atoms with van der Waals surface area (Å²) in [6.07, 6.45) is 47.1. The molecular weight excluding hydrogens is 647 g/mol. The number of aliphatic hydroxyl groups excluding tert-OH is 2. The Kier molecular flexibility index (Phi) is 37.9. The van der Waals surface area contributed by atoms with Crippen molar-refractivity contribution in [3.63, 3.8) is 0 Å². The molecule has 0 aromatic heterocycles. The fraction of sp³-hybridized carbons (Fsp3) is 0.739. The van der Waals surface area contributed by atoms with Crippen molar-refractivity contribution in [1.29, 1.82) is 0 Å². The van der Waals surface area contributed by atoms with Crippen LogP contribution in [0.4, 0.5) is 0 Å². The molecule has 0 fully saturated rings. The molecule has 6 nitrogen and oxygen atoms in total. The molecule has 0 rings (SSSR count). The zero-order chi connectivity index (χ0) is 38.2. The predicted molar refractivity (Wildman–Crippen MR) is 222 cm³/mol. The van der Waals surface area contributed by atoms with E-state index in [-0.39, 0.29) is 24.9 Å². The molecule has 0 bridgehead atoms. The molecule has 52 heavy (non-hydrogen) atoms. The van der Waals surface area contributed by atoms with E-state index in [1.807, 2.05) is 54.7 Å². The first-order valence-electron chi connectivity index (χ1n) is 21.6. The van der Waals surface area contributed by atoms with Gasteiger partial charge in [-0.15, -0.1) is 0 Å². The minimum Gasteiger partial charge on any atom is -0.462 e. The van der Waals surface area contributed by atoms with Crippen molar-refractivity contribution in [1.82, 2.24) is 5.32 Å². The number of nitrogens with one attached hydrogen (secondary N) is 1. The molecular formula is C46H81NO5. The van der Waals surface area contributed by atoms with E-state index in [4.69, 9.17) is 4.74 Å². The number of carbonyl (C=O) groups excluding carboxylic acids is 2. The Morgan fingerprint density at radius 2 is 1.02 bits per heavy atom. The number of amides is 1. The quantitative estimate of drug-likeness (QED) is 0.0336. The van der Waals surface area contributed by atoms with Crippen LogP contribution in [0.25, 0.3) is 0 Å². The highest BCUT2D eigenvalue weighted by Gasteiger charge is 2.24. The first-order valence-corrected chi connectivity index (χ1v) is 21.6. The largest absolute Gasteiger partial charge is 0.462 e. The number of ether oxygens (including phenoxy) is 1. The molecule has 0 aliphatic carbocycles. The lowest BCUT2D eigenvalue weighted by molar-refractivity contribution is -0.151. The predicted octanol–water partition coefficient (Wildman–Crippen LogP) is 12.1. The summed E-state index contributed by atoms with van der Waals surface area (Å²) in [5, 5.41) is 23.5. The molecule has 1 amide bonds. The Labute approximate surface area is 320 Å². The molecule has 0 aliphatic heterocycles. The van der Waals surface area contributed by atoms with Crippen LogP contribution in [0, 0.1) is 0 Å². The van der Waals surface area contributed by atoms with Gasteiger partial charge in [-0.05, 0) is 38.5 Å². The fourth-order valence-corrected chi connectivity index (χ4v) is 6.22. The van der Waals surface area contributed by atoms with Crippen molar-refractivity contribution in [2.75, 3.05) is 6.61 Å². The molecule has 0 heterocycles. The number of rotatable bonds is 37. The van der Waals surface area contributed by atoms with Gasteiger partial charge >= 0.3 is 5.97 Å². The number of hydrogen-bond acceptors (Lipinski definition) is 5. The zero-order valence-corrected chi connectivity index (χ0v) is 33.9. The topological polar surface area (TPSA) is 95.9 Å². The molecule has 3 unspecified atom stereocenters. The van der Waals surface area contributed by atoms with Crippen molar-refractivity contribution in [3.05, 3.63) is 60.8 Å². The average Bonchev–Trinajstić information content (AvgIpc) is 3.13. The van der Waals surface area contributed by atoms with Crippen LogP contribution in [0.1, 0.15) is 194 Å². The second-order valence-corrected chi connectivity index (χ2v) is 14.5. The average molecular weight is 728 g/mol. The van der Waals surface area contributed by atoms with Gasteiger partial charge in [-0.3, -0.25) is 9.59 Å². The minimum absolute atomic E-state index is 0.0483. The van der Waals surface area contributed by atoms with E-state index < -0.39 is 18.2 Å². The fourth-order valence-electron chi connectivity index (χ4n) is 6.22. The van der Waals surface area contributed by atoms with Gasteiger partial charge in [0.1, 0.15) is 6.10 Å². The monoisotopic (exact) mass is 728 g/mol. The summed E-state index contributed by atoms with van der Waals surface area (Å²) in [5.41, 5.74) is 0. The van der Waals surface area contributed by atoms with Gasteiger partial charge in [-0.25, -0.2) is 0 Å². The molecule has 0 saturated heterocycles. The number of allylic oxidation sites excluding steroid dienone is 10. The Balaban J connectivity index is 4.68. The highest BCUT2D eigenvalue weighted by Crippen LogP contribution is 2.17. The van der Waals surface area contributed by atoms with E-state index in [1.165, 1.54) is 89.9 Å². The van der Waals surface area contributed by atoms with E-state index in [9.17, 15) is 19.8 Å². The maximum absolute atomic E-state index is 13.1. The zero-order valence-electron chi connectivity index (χ0n) is 33.9. The third-order valence-corrected chi connectivity index (χ3v) is 9.49. The standard InChI is InChI=1S/C46H81NO5/c1-4-7-10-13-16-19-21-22-24-27-30-33-36-39-46(51)52-42(37-34-31-28-25-18-15-12-9-6-3)40-45(50)47-43(41-48)44(49)38-35-32-29-26-23-20-17-14-11-8-5-2/h7,10,13,16,19,21-22,24,27,30,42-44,48-49H,4-6,8-9,11-12,14-15,17-18,20,23,25-26,28-29,31-41H2,1-3H3,(H,47,50)/b10-7+,16-13+,21-19-,24-22-,30-27+. The number of unbranched alkanes of at least 4 members (excludes halogenated alkanes) is 19.